The summed E-state index contributed by atoms with van der Waals surface area (Å²) < 4.78 is 1.76. The minimum absolute atomic E-state index is 0.0431. The van der Waals surface area contributed by atoms with E-state index < -0.39 is 0 Å². The summed E-state index contributed by atoms with van der Waals surface area (Å²) >= 11 is 0. The van der Waals surface area contributed by atoms with Crippen LogP contribution < -0.4 is 21.1 Å². The van der Waals surface area contributed by atoms with Crippen molar-refractivity contribution in [1.29, 1.82) is 0 Å². The molecule has 2 aliphatic rings. The van der Waals surface area contributed by atoms with Crippen LogP contribution in [0.2, 0.25) is 0 Å². The number of anilines is 1. The van der Waals surface area contributed by atoms with Crippen molar-refractivity contribution in [3.63, 3.8) is 0 Å². The van der Waals surface area contributed by atoms with E-state index in [-0.39, 0.29) is 17.6 Å². The molecular weight excluding hydrogens is 318 g/mol. The number of hydrogen-bond acceptors (Lipinski definition) is 4. The topological polar surface area (TPSA) is 79.3 Å². The first kappa shape index (κ1) is 15.9. The van der Waals surface area contributed by atoms with Crippen molar-refractivity contribution in [3.8, 4) is 0 Å². The molecule has 1 atom stereocenters. The van der Waals surface area contributed by atoms with Crippen LogP contribution in [0.5, 0.6) is 0 Å². The molecule has 0 bridgehead atoms. The second-order valence-corrected chi connectivity index (χ2v) is 6.80. The summed E-state index contributed by atoms with van der Waals surface area (Å²) in [4.78, 5) is 31.3. The summed E-state index contributed by atoms with van der Waals surface area (Å²) in [7, 11) is 0. The van der Waals surface area contributed by atoms with E-state index in [2.05, 4.69) is 15.6 Å². The predicted octanol–water partition coefficient (Wildman–Crippen LogP) is 1.46. The summed E-state index contributed by atoms with van der Waals surface area (Å²) in [6, 6.07) is 7.99. The van der Waals surface area contributed by atoms with Gasteiger partial charge in [-0.25, -0.2) is 9.78 Å². The maximum atomic E-state index is 12.8. The highest BCUT2D eigenvalue weighted by Gasteiger charge is 2.29. The first-order valence-electron chi connectivity index (χ1n) is 8.97. The van der Waals surface area contributed by atoms with Gasteiger partial charge in [-0.05, 0) is 38.3 Å². The Labute approximate surface area is 146 Å². The van der Waals surface area contributed by atoms with E-state index in [0.29, 0.717) is 24.9 Å². The van der Waals surface area contributed by atoms with Gasteiger partial charge in [0.2, 0.25) is 0 Å². The normalized spacial score (nSPS) is 20.0. The smallest absolute Gasteiger partial charge is 0.315 e. The van der Waals surface area contributed by atoms with Crippen LogP contribution in [0, 0.1) is 0 Å². The molecule has 2 aromatic rings. The Balaban J connectivity index is 1.54. The molecule has 132 valence electrons. The van der Waals surface area contributed by atoms with Crippen molar-refractivity contribution < 1.29 is 4.79 Å². The third-order valence-corrected chi connectivity index (χ3v) is 4.89. The molecule has 25 heavy (non-hydrogen) atoms. The molecule has 2 amide bonds. The van der Waals surface area contributed by atoms with Crippen LogP contribution in [-0.2, 0) is 6.54 Å². The summed E-state index contributed by atoms with van der Waals surface area (Å²) in [5.41, 5.74) is 1.61. The number of nitrogens with zero attached hydrogens (tertiary/aromatic N) is 3. The maximum absolute atomic E-state index is 12.8. The van der Waals surface area contributed by atoms with Gasteiger partial charge in [0, 0.05) is 31.7 Å². The van der Waals surface area contributed by atoms with Crippen LogP contribution in [0.1, 0.15) is 26.2 Å². The highest BCUT2D eigenvalue weighted by Crippen LogP contribution is 2.20. The summed E-state index contributed by atoms with van der Waals surface area (Å²) in [6.07, 6.45) is 2.96. The Bertz CT molecular complexity index is 858. The molecule has 0 unspecified atom stereocenters. The van der Waals surface area contributed by atoms with Crippen LogP contribution in [0.3, 0.4) is 0 Å². The SMILES string of the molecule is CCn1c(=O)c(N2CC[C@H](NC(=O)NC3CC3)C2)nc2ccccc21. The third-order valence-electron chi connectivity index (χ3n) is 4.89. The number of nitrogens with one attached hydrogen (secondary N) is 2. The van der Waals surface area contributed by atoms with E-state index in [1.165, 1.54) is 0 Å². The fourth-order valence-electron chi connectivity index (χ4n) is 3.41. The maximum Gasteiger partial charge on any atom is 0.315 e. The number of aryl methyl sites for hydroxylation is 1. The van der Waals surface area contributed by atoms with Gasteiger partial charge in [-0.15, -0.1) is 0 Å². The van der Waals surface area contributed by atoms with Crippen molar-refractivity contribution in [2.45, 2.75) is 44.8 Å². The van der Waals surface area contributed by atoms with Crippen LogP contribution >= 0.6 is 0 Å². The molecule has 1 aliphatic heterocycles. The first-order valence-corrected chi connectivity index (χ1v) is 8.97. The average molecular weight is 341 g/mol. The van der Waals surface area contributed by atoms with E-state index in [9.17, 15) is 9.59 Å². The van der Waals surface area contributed by atoms with Gasteiger partial charge in [-0.3, -0.25) is 4.79 Å². The fraction of sp³-hybridized carbons (Fsp3) is 0.500. The number of carbonyl (C=O) groups is 1. The molecule has 1 saturated heterocycles. The lowest BCUT2D eigenvalue weighted by atomic mass is 10.3. The molecule has 0 radical (unpaired) electrons. The highest BCUT2D eigenvalue weighted by atomic mass is 16.2. The quantitative estimate of drug-likeness (QED) is 0.882. The molecule has 1 aromatic carbocycles. The Kier molecular flexibility index (Phi) is 4.07. The second-order valence-electron chi connectivity index (χ2n) is 6.80. The van der Waals surface area contributed by atoms with Gasteiger partial charge in [0.15, 0.2) is 5.82 Å². The molecule has 1 aromatic heterocycles. The van der Waals surface area contributed by atoms with Crippen LogP contribution in [0.15, 0.2) is 29.1 Å². The number of hydrogen-bond donors (Lipinski definition) is 2. The van der Waals surface area contributed by atoms with E-state index in [4.69, 9.17) is 0 Å². The zero-order valence-electron chi connectivity index (χ0n) is 14.4. The Morgan fingerprint density at radius 1 is 1.20 bits per heavy atom. The van der Waals surface area contributed by atoms with E-state index >= 15 is 0 Å². The second kappa shape index (κ2) is 6.38. The minimum Gasteiger partial charge on any atom is -0.350 e. The molecule has 2 heterocycles. The Hall–Kier alpha value is -2.57. The standard InChI is InChI=1S/C18H23N5O2/c1-2-23-15-6-4-3-5-14(15)21-16(17(23)24)22-10-9-13(11-22)20-18(25)19-12-7-8-12/h3-6,12-13H,2,7-11H2,1H3,(H2,19,20,25)/t13-/m0/s1. The minimum atomic E-state index is -0.105. The average Bonchev–Trinajstić information content (AvgIpc) is 3.30. The summed E-state index contributed by atoms with van der Waals surface area (Å²) in [5, 5.41) is 5.95. The Morgan fingerprint density at radius 3 is 2.72 bits per heavy atom. The lowest BCUT2D eigenvalue weighted by Gasteiger charge is -2.19. The molecule has 2 fully saturated rings. The van der Waals surface area contributed by atoms with Crippen LogP contribution in [0.4, 0.5) is 10.6 Å². The highest BCUT2D eigenvalue weighted by molar-refractivity contribution is 5.77. The van der Waals surface area contributed by atoms with Crippen LogP contribution in [-0.4, -0.2) is 40.8 Å². The van der Waals surface area contributed by atoms with Crippen molar-refractivity contribution in [2.75, 3.05) is 18.0 Å². The molecule has 7 heteroatoms. The molecule has 7 nitrogen and oxygen atoms in total. The number of rotatable bonds is 4. The molecule has 1 aliphatic carbocycles. The zero-order valence-corrected chi connectivity index (χ0v) is 14.4. The number of benzene rings is 1. The van der Waals surface area contributed by atoms with Gasteiger partial charge in [0.1, 0.15) is 0 Å². The first-order chi connectivity index (χ1) is 12.2. The number of aromatic nitrogens is 2. The van der Waals surface area contributed by atoms with E-state index in [0.717, 1.165) is 36.8 Å². The summed E-state index contributed by atoms with van der Waals surface area (Å²) in [6.45, 7) is 3.91. The van der Waals surface area contributed by atoms with E-state index in [1.54, 1.807) is 4.57 Å². The Morgan fingerprint density at radius 2 is 1.96 bits per heavy atom. The lowest BCUT2D eigenvalue weighted by Crippen LogP contribution is -2.44. The largest absolute Gasteiger partial charge is 0.350 e. The number of carbonyl (C=O) groups excluding carboxylic acids is 1. The van der Waals surface area contributed by atoms with Crippen molar-refractivity contribution in [2.24, 2.45) is 0 Å². The van der Waals surface area contributed by atoms with Gasteiger partial charge in [0.25, 0.3) is 5.56 Å². The molecule has 0 spiro atoms. The molecular formula is C18H23N5O2. The fourth-order valence-corrected chi connectivity index (χ4v) is 3.41. The number of fused-ring (bicyclic) bond motifs is 1. The molecule has 2 N–H and O–H groups in total. The van der Waals surface area contributed by atoms with Gasteiger partial charge < -0.3 is 20.1 Å². The van der Waals surface area contributed by atoms with Gasteiger partial charge >= 0.3 is 6.03 Å². The molecule has 1 saturated carbocycles. The van der Waals surface area contributed by atoms with Crippen LogP contribution in [0.25, 0.3) is 11.0 Å². The predicted molar refractivity (Wildman–Crippen MR) is 97.0 cm³/mol. The lowest BCUT2D eigenvalue weighted by molar-refractivity contribution is 0.237. The van der Waals surface area contributed by atoms with Crippen molar-refractivity contribution in [3.05, 3.63) is 34.6 Å². The zero-order chi connectivity index (χ0) is 17.4. The van der Waals surface area contributed by atoms with Gasteiger partial charge in [-0.2, -0.15) is 0 Å². The van der Waals surface area contributed by atoms with E-state index in [1.807, 2.05) is 36.1 Å². The van der Waals surface area contributed by atoms with Gasteiger partial charge in [0.05, 0.1) is 11.0 Å². The monoisotopic (exact) mass is 341 g/mol. The third kappa shape index (κ3) is 3.18. The molecule has 4 rings (SSSR count). The summed E-state index contributed by atoms with van der Waals surface area (Å²) in [5.74, 6) is 0.479. The number of amides is 2. The van der Waals surface area contributed by atoms with Crippen molar-refractivity contribution in [1.82, 2.24) is 20.2 Å². The number of urea groups is 1. The number of para-hydroxylation sites is 2. The van der Waals surface area contributed by atoms with Crippen molar-refractivity contribution >= 4 is 22.9 Å². The van der Waals surface area contributed by atoms with Gasteiger partial charge in [-0.1, -0.05) is 12.1 Å².